The van der Waals surface area contributed by atoms with Crippen molar-refractivity contribution in [1.29, 1.82) is 0 Å². The Labute approximate surface area is 553 Å². The number of carbonyl (C=O) groups excluding carboxylic acids is 2. The molecule has 2 aliphatic carbocycles. The second-order valence-electron chi connectivity index (χ2n) is 23.1. The summed E-state index contributed by atoms with van der Waals surface area (Å²) in [7, 11) is 0. The van der Waals surface area contributed by atoms with E-state index in [0.717, 1.165) is 106 Å². The number of aromatic carboxylic acids is 2. The molecule has 2 aliphatic rings. The van der Waals surface area contributed by atoms with Crippen LogP contribution in [0.4, 0.5) is 0 Å². The van der Waals surface area contributed by atoms with Crippen LogP contribution < -0.4 is 0 Å². The van der Waals surface area contributed by atoms with Crippen molar-refractivity contribution in [3.8, 4) is 22.3 Å². The number of benzene rings is 3. The average molecular weight is 1340 g/mol. The number of rotatable bonds is 11. The van der Waals surface area contributed by atoms with Crippen molar-refractivity contribution in [2.75, 3.05) is 0 Å². The van der Waals surface area contributed by atoms with Crippen LogP contribution in [0, 0.1) is 55.4 Å². The molecular formula is C65H66Cl4N16O8. The minimum Gasteiger partial charge on any atom is -0.476 e. The number of nitrogens with zero attached hydrogens (tertiary/aromatic N) is 16. The van der Waals surface area contributed by atoms with Gasteiger partial charge in [0.15, 0.2) is 45.4 Å². The van der Waals surface area contributed by atoms with Gasteiger partial charge in [0.2, 0.25) is 0 Å². The lowest BCUT2D eigenvalue weighted by molar-refractivity contribution is 0.0305. The molecule has 8 aromatic heterocycles. The molecule has 8 heterocycles. The number of aromatic nitrogens is 16. The van der Waals surface area contributed by atoms with E-state index in [-0.39, 0.29) is 35.0 Å². The fourth-order valence-electron chi connectivity index (χ4n) is 11.6. The average Bonchev–Trinajstić information content (AvgIpc) is 1.66. The second-order valence-corrected chi connectivity index (χ2v) is 24.7. The Morgan fingerprint density at radius 3 is 1.40 bits per heavy atom. The van der Waals surface area contributed by atoms with Crippen LogP contribution in [-0.2, 0) is 15.9 Å². The highest BCUT2D eigenvalue weighted by Gasteiger charge is 2.29. The Balaban J connectivity index is 0.000000137. The number of carboxylic acid groups (broad SMARTS) is 2. The SMILES string of the molecule is Cc1nn2c(C)c(C(=O)O)nnc2c1C1CCCCC1.Cc1nn2c(C)c(C(=O)O)nnc2c1Cc1ccccc1.Cc1nn2c(C)c(C(=O)OC(C)C)nnc2c1-c1ccc(Cl)c(Cl)c1.Cc1nn2c(C)c(C(=O)OC3CCCC3)nnc2c1-c1ccc(Cl)c(Cl)c1. The molecule has 2 saturated carbocycles. The molecule has 0 amide bonds. The van der Waals surface area contributed by atoms with Gasteiger partial charge in [0, 0.05) is 17.5 Å². The molecule has 11 aromatic rings. The van der Waals surface area contributed by atoms with Gasteiger partial charge in [-0.2, -0.15) is 20.4 Å². The number of carbonyl (C=O) groups is 4. The molecule has 0 radical (unpaired) electrons. The minimum atomic E-state index is -1.10. The minimum absolute atomic E-state index is 0.0273. The van der Waals surface area contributed by atoms with Crippen LogP contribution in [0.2, 0.25) is 20.1 Å². The standard InChI is InChI=1S/C19H18Cl2N4O2.C17H16Cl2N4O2.C15H14N4O2.C14H18N4O2/c1-10-16(12-7-8-14(20)15(21)9-12)18-23-22-17(11(2)25(18)24-10)19(26)27-13-5-3-4-6-13;1-8(2)25-17(24)15-10(4)23-16(21-20-15)14(9(3)22-23)11-5-6-12(18)13(19)7-11;1-9-12(8-11-6-4-3-5-7-11)14-17-16-13(15(20)21)10(2)19(14)18-9;1-8-11(10-6-4-3-5-7-10)13-16-15-12(14(19)20)9(2)18(13)17-8/h7-9,13H,3-6H2,1-2H3;5-8H,1-4H3;3-7H,8H2,1-2H3,(H,20,21);10H,3-7H2,1-2H3,(H,19,20). The smallest absolute Gasteiger partial charge is 0.361 e. The van der Waals surface area contributed by atoms with Crippen molar-refractivity contribution in [3.63, 3.8) is 0 Å². The Morgan fingerprint density at radius 2 is 0.903 bits per heavy atom. The van der Waals surface area contributed by atoms with Gasteiger partial charge in [-0.3, -0.25) is 0 Å². The van der Waals surface area contributed by atoms with E-state index in [4.69, 9.17) is 66.1 Å². The normalized spacial score (nSPS) is 13.4. The first-order valence-corrected chi connectivity index (χ1v) is 31.7. The predicted octanol–water partition coefficient (Wildman–Crippen LogP) is 13.6. The summed E-state index contributed by atoms with van der Waals surface area (Å²) >= 11 is 24.3. The predicted molar refractivity (Wildman–Crippen MR) is 349 cm³/mol. The zero-order chi connectivity index (χ0) is 66.7. The van der Waals surface area contributed by atoms with E-state index in [1.165, 1.54) is 19.3 Å². The maximum atomic E-state index is 12.5. The summed E-state index contributed by atoms with van der Waals surface area (Å²) in [6, 6.07) is 20.7. The van der Waals surface area contributed by atoms with Gasteiger partial charge in [-0.1, -0.05) is 108 Å². The van der Waals surface area contributed by atoms with E-state index in [1.807, 2.05) is 70.2 Å². The Bertz CT molecular complexity index is 4690. The van der Waals surface area contributed by atoms with Gasteiger partial charge in [-0.05, 0) is 155 Å². The fourth-order valence-corrected chi connectivity index (χ4v) is 12.2. The molecule has 2 N–H and O–H groups in total. The van der Waals surface area contributed by atoms with Gasteiger partial charge in [-0.15, -0.1) is 40.8 Å². The monoisotopic (exact) mass is 1340 g/mol. The summed E-state index contributed by atoms with van der Waals surface area (Å²) < 4.78 is 17.2. The third-order valence-corrected chi connectivity index (χ3v) is 17.8. The van der Waals surface area contributed by atoms with E-state index in [1.54, 1.807) is 83.9 Å². The molecule has 0 bridgehead atoms. The highest BCUT2D eigenvalue weighted by atomic mass is 35.5. The molecule has 3 aromatic carbocycles. The fraction of sp³-hybridized carbons (Fsp3) is 0.354. The van der Waals surface area contributed by atoms with Crippen molar-refractivity contribution in [1.82, 2.24) is 79.2 Å². The first-order chi connectivity index (χ1) is 44.4. The number of aryl methyl sites for hydroxylation is 8. The van der Waals surface area contributed by atoms with Crippen LogP contribution in [0.3, 0.4) is 0 Å². The summed E-state index contributed by atoms with van der Waals surface area (Å²) in [5.41, 5.74) is 14.6. The van der Waals surface area contributed by atoms with Crippen LogP contribution in [0.25, 0.3) is 44.8 Å². The van der Waals surface area contributed by atoms with Gasteiger partial charge >= 0.3 is 23.9 Å². The van der Waals surface area contributed by atoms with Crippen LogP contribution in [0.1, 0.15) is 182 Å². The van der Waals surface area contributed by atoms with Crippen LogP contribution >= 0.6 is 46.4 Å². The second kappa shape index (κ2) is 28.4. The molecular weight excluding hydrogens is 1270 g/mol. The van der Waals surface area contributed by atoms with E-state index in [2.05, 4.69) is 61.2 Å². The van der Waals surface area contributed by atoms with Crippen molar-refractivity contribution >= 4 is 92.9 Å². The topological polar surface area (TPSA) is 300 Å². The molecule has 0 atom stereocenters. The summed E-state index contributed by atoms with van der Waals surface area (Å²) in [5, 5.41) is 70.5. The van der Waals surface area contributed by atoms with Crippen molar-refractivity contribution in [2.45, 2.75) is 152 Å². The lowest BCUT2D eigenvalue weighted by Crippen LogP contribution is -2.19. The summed E-state index contributed by atoms with van der Waals surface area (Å²) in [5.74, 6) is -2.65. The van der Waals surface area contributed by atoms with E-state index < -0.39 is 23.9 Å². The highest BCUT2D eigenvalue weighted by molar-refractivity contribution is 6.42. The highest BCUT2D eigenvalue weighted by Crippen LogP contribution is 2.38. The third-order valence-electron chi connectivity index (χ3n) is 16.3. The number of ether oxygens (including phenoxy) is 2. The lowest BCUT2D eigenvalue weighted by Gasteiger charge is -2.21. The van der Waals surface area contributed by atoms with E-state index in [0.29, 0.717) is 72.1 Å². The van der Waals surface area contributed by atoms with Gasteiger partial charge < -0.3 is 19.7 Å². The molecule has 13 rings (SSSR count). The number of halogens is 4. The first kappa shape index (κ1) is 66.8. The lowest BCUT2D eigenvalue weighted by atomic mass is 9.84. The Hall–Kier alpha value is -9.10. The Morgan fingerprint density at radius 1 is 0.484 bits per heavy atom. The number of hydrogen-bond donors (Lipinski definition) is 2. The molecule has 2 fully saturated rings. The maximum absolute atomic E-state index is 12.5. The zero-order valence-corrected chi connectivity index (χ0v) is 55.7. The molecule has 24 nitrogen and oxygen atoms in total. The van der Waals surface area contributed by atoms with Gasteiger partial charge in [0.05, 0.1) is 82.9 Å². The van der Waals surface area contributed by atoms with Crippen molar-refractivity contribution < 1.29 is 38.9 Å². The number of fused-ring (bicyclic) bond motifs is 4. The molecule has 0 spiro atoms. The van der Waals surface area contributed by atoms with Gasteiger partial charge in [0.1, 0.15) is 6.10 Å². The van der Waals surface area contributed by atoms with E-state index in [9.17, 15) is 19.2 Å². The molecule has 0 unspecified atom stereocenters. The van der Waals surface area contributed by atoms with Crippen LogP contribution in [-0.4, -0.2) is 126 Å². The first-order valence-electron chi connectivity index (χ1n) is 30.1. The Kier molecular flexibility index (Phi) is 20.4. The zero-order valence-electron chi connectivity index (χ0n) is 52.7. The number of hydrogen-bond acceptors (Lipinski definition) is 18. The largest absolute Gasteiger partial charge is 0.476 e. The quantitative estimate of drug-likeness (QED) is 0.114. The molecule has 93 heavy (non-hydrogen) atoms. The summed E-state index contributed by atoms with van der Waals surface area (Å²) in [6.07, 6.45) is 10.5. The molecule has 0 aliphatic heterocycles. The molecule has 0 saturated heterocycles. The maximum Gasteiger partial charge on any atom is 0.361 e. The van der Waals surface area contributed by atoms with Gasteiger partial charge in [0.25, 0.3) is 0 Å². The van der Waals surface area contributed by atoms with Crippen molar-refractivity contribution in [2.24, 2.45) is 0 Å². The molecule has 482 valence electrons. The van der Waals surface area contributed by atoms with Crippen LogP contribution in [0.15, 0.2) is 66.7 Å². The van der Waals surface area contributed by atoms with E-state index >= 15 is 0 Å². The number of carboxylic acids is 2. The van der Waals surface area contributed by atoms with Crippen molar-refractivity contribution in [3.05, 3.63) is 172 Å². The molecule has 28 heteroatoms. The van der Waals surface area contributed by atoms with Gasteiger partial charge in [-0.25, -0.2) is 37.2 Å². The third kappa shape index (κ3) is 14.1. The summed E-state index contributed by atoms with van der Waals surface area (Å²) in [4.78, 5) is 46.9. The number of esters is 2. The summed E-state index contributed by atoms with van der Waals surface area (Å²) in [6.45, 7) is 18.1. The van der Waals surface area contributed by atoms with Crippen LogP contribution in [0.5, 0.6) is 0 Å².